The SMILES string of the molecule is C/C=C1\CN2C3C[C@H]1[C@@H](C(=O)OC)[C@@H]2Cc1c3n(C)c2ccc(OC)cc12. The summed E-state index contributed by atoms with van der Waals surface area (Å²) in [5.41, 5.74) is 5.43. The van der Waals surface area contributed by atoms with E-state index in [9.17, 15) is 4.79 Å². The van der Waals surface area contributed by atoms with Crippen LogP contribution in [-0.2, 0) is 23.0 Å². The lowest BCUT2D eigenvalue weighted by atomic mass is 9.64. The second kappa shape index (κ2) is 5.86. The summed E-state index contributed by atoms with van der Waals surface area (Å²) in [5.74, 6) is 1.05. The molecular formula is C22H26N2O3. The molecule has 2 unspecified atom stereocenters. The molecule has 27 heavy (non-hydrogen) atoms. The first kappa shape index (κ1) is 16.9. The maximum Gasteiger partial charge on any atom is 0.310 e. The largest absolute Gasteiger partial charge is 0.497 e. The number of aromatic nitrogens is 1. The summed E-state index contributed by atoms with van der Waals surface area (Å²) in [6.45, 7) is 3.06. The highest BCUT2D eigenvalue weighted by atomic mass is 16.5. The monoisotopic (exact) mass is 366 g/mol. The zero-order chi connectivity index (χ0) is 18.9. The van der Waals surface area contributed by atoms with Gasteiger partial charge in [-0.25, -0.2) is 0 Å². The van der Waals surface area contributed by atoms with Crippen LogP contribution in [0.15, 0.2) is 29.8 Å². The topological polar surface area (TPSA) is 43.7 Å². The van der Waals surface area contributed by atoms with Gasteiger partial charge in [0.05, 0.1) is 26.2 Å². The number of allylic oxidation sites excluding steroid dienone is 1. The number of methoxy groups -OCH3 is 2. The third kappa shape index (κ3) is 2.12. The third-order valence-corrected chi connectivity index (χ3v) is 7.13. The second-order valence-corrected chi connectivity index (χ2v) is 8.02. The summed E-state index contributed by atoms with van der Waals surface area (Å²) in [7, 11) is 5.40. The maximum absolute atomic E-state index is 12.7. The van der Waals surface area contributed by atoms with E-state index in [-0.39, 0.29) is 17.9 Å². The van der Waals surface area contributed by atoms with Gasteiger partial charge < -0.3 is 14.0 Å². The van der Waals surface area contributed by atoms with E-state index in [2.05, 4.69) is 41.6 Å². The van der Waals surface area contributed by atoms with Gasteiger partial charge in [0.25, 0.3) is 0 Å². The van der Waals surface area contributed by atoms with Gasteiger partial charge in [-0.05, 0) is 49.4 Å². The molecule has 0 aliphatic carbocycles. The highest BCUT2D eigenvalue weighted by molar-refractivity contribution is 5.88. The summed E-state index contributed by atoms with van der Waals surface area (Å²) in [4.78, 5) is 15.2. The molecule has 1 aromatic carbocycles. The van der Waals surface area contributed by atoms with Crippen molar-refractivity contribution in [1.29, 1.82) is 0 Å². The molecule has 5 heterocycles. The van der Waals surface area contributed by atoms with Gasteiger partial charge in [-0.2, -0.15) is 0 Å². The average molecular weight is 366 g/mol. The van der Waals surface area contributed by atoms with Gasteiger partial charge in [0.1, 0.15) is 5.75 Å². The number of hydrogen-bond donors (Lipinski definition) is 0. The lowest BCUT2D eigenvalue weighted by Crippen LogP contribution is -2.62. The molecular weight excluding hydrogens is 340 g/mol. The number of fused-ring (bicyclic) bond motifs is 4. The van der Waals surface area contributed by atoms with Gasteiger partial charge in [-0.15, -0.1) is 0 Å². The number of hydrogen-bond acceptors (Lipinski definition) is 4. The van der Waals surface area contributed by atoms with E-state index < -0.39 is 0 Å². The first-order valence-electron chi connectivity index (χ1n) is 9.72. The molecule has 0 saturated carbocycles. The molecule has 1 aromatic heterocycles. The molecule has 142 valence electrons. The average Bonchev–Trinajstić information content (AvgIpc) is 2.98. The molecule has 4 bridgehead atoms. The molecule has 0 N–H and O–H groups in total. The van der Waals surface area contributed by atoms with E-state index in [4.69, 9.17) is 9.47 Å². The van der Waals surface area contributed by atoms with E-state index in [1.54, 1.807) is 7.11 Å². The van der Waals surface area contributed by atoms with Gasteiger partial charge >= 0.3 is 5.97 Å². The van der Waals surface area contributed by atoms with Crippen molar-refractivity contribution in [3.05, 3.63) is 41.1 Å². The highest BCUT2D eigenvalue weighted by Gasteiger charge is 2.56. The van der Waals surface area contributed by atoms with Crippen LogP contribution in [0.3, 0.4) is 0 Å². The molecule has 5 heteroatoms. The number of esters is 1. The molecule has 5 atom stereocenters. The number of aryl methyl sites for hydroxylation is 1. The van der Waals surface area contributed by atoms with E-state index in [1.807, 2.05) is 6.07 Å². The van der Waals surface area contributed by atoms with Crippen molar-refractivity contribution >= 4 is 16.9 Å². The lowest BCUT2D eigenvalue weighted by Gasteiger charge is -2.57. The maximum atomic E-state index is 12.7. The zero-order valence-corrected chi connectivity index (χ0v) is 16.4. The lowest BCUT2D eigenvalue weighted by molar-refractivity contribution is -0.157. The summed E-state index contributed by atoms with van der Waals surface area (Å²) in [5, 5.41) is 1.26. The Hall–Kier alpha value is -2.27. The Bertz CT molecular complexity index is 974. The molecule has 2 aromatic rings. The second-order valence-electron chi connectivity index (χ2n) is 8.02. The van der Waals surface area contributed by atoms with Crippen molar-refractivity contribution < 1.29 is 14.3 Å². The molecule has 6 rings (SSSR count). The first-order chi connectivity index (χ1) is 13.1. The Balaban J connectivity index is 1.70. The predicted molar refractivity (Wildman–Crippen MR) is 104 cm³/mol. The Morgan fingerprint density at radius 2 is 2.11 bits per heavy atom. The number of nitrogens with zero attached hydrogens (tertiary/aromatic N) is 2. The summed E-state index contributed by atoms with van der Waals surface area (Å²) in [6.07, 6.45) is 4.09. The number of carbonyl (C=O) groups excluding carboxylic acids is 1. The van der Waals surface area contributed by atoms with E-state index in [0.717, 1.165) is 25.1 Å². The Morgan fingerprint density at radius 1 is 1.30 bits per heavy atom. The minimum atomic E-state index is -0.0692. The molecule has 0 amide bonds. The molecule has 4 aliphatic rings. The zero-order valence-electron chi connectivity index (χ0n) is 16.4. The number of ether oxygens (including phenoxy) is 2. The quantitative estimate of drug-likeness (QED) is 0.605. The van der Waals surface area contributed by atoms with Crippen molar-refractivity contribution in [2.24, 2.45) is 18.9 Å². The van der Waals surface area contributed by atoms with Crippen molar-refractivity contribution in [2.75, 3.05) is 20.8 Å². The number of carbonyl (C=O) groups is 1. The van der Waals surface area contributed by atoms with Gasteiger partial charge in [-0.3, -0.25) is 9.69 Å². The normalized spacial score (nSPS) is 32.6. The minimum Gasteiger partial charge on any atom is -0.497 e. The standard InChI is InChI=1S/C22H26N2O3/c1-5-12-11-24-18-10-16-15-8-13(26-3)6-7-17(15)23(2)21(16)19(24)9-14(12)20(18)22(25)27-4/h5-8,14,18-20H,9-11H2,1-4H3/b12-5+/t14-,18+,19?,20-/m1/s1. The smallest absolute Gasteiger partial charge is 0.310 e. The molecule has 0 spiro atoms. The van der Waals surface area contributed by atoms with Crippen molar-refractivity contribution in [3.8, 4) is 5.75 Å². The van der Waals surface area contributed by atoms with Crippen LogP contribution in [0.25, 0.3) is 10.9 Å². The summed E-state index contributed by atoms with van der Waals surface area (Å²) in [6, 6.07) is 6.92. The molecule has 5 nitrogen and oxygen atoms in total. The molecule has 3 saturated heterocycles. The van der Waals surface area contributed by atoms with Gasteiger partial charge in [0.15, 0.2) is 0 Å². The van der Waals surface area contributed by atoms with Gasteiger partial charge in [0, 0.05) is 36.2 Å². The van der Waals surface area contributed by atoms with Crippen LogP contribution >= 0.6 is 0 Å². The summed E-state index contributed by atoms with van der Waals surface area (Å²) >= 11 is 0. The van der Waals surface area contributed by atoms with Crippen molar-refractivity contribution in [2.45, 2.75) is 31.8 Å². The molecule has 3 fully saturated rings. The van der Waals surface area contributed by atoms with E-state index >= 15 is 0 Å². The molecule has 4 aliphatic heterocycles. The van der Waals surface area contributed by atoms with Gasteiger partial charge in [0.2, 0.25) is 0 Å². The fraction of sp³-hybridized carbons (Fsp3) is 0.500. The number of piperidine rings is 3. The Labute approximate surface area is 159 Å². The van der Waals surface area contributed by atoms with Crippen molar-refractivity contribution in [1.82, 2.24) is 9.47 Å². The van der Waals surface area contributed by atoms with Crippen LogP contribution in [0.5, 0.6) is 5.75 Å². The summed E-state index contributed by atoms with van der Waals surface area (Å²) < 4.78 is 13.1. The van der Waals surface area contributed by atoms with E-state index in [0.29, 0.717) is 12.0 Å². The molecule has 0 radical (unpaired) electrons. The first-order valence-corrected chi connectivity index (χ1v) is 9.72. The minimum absolute atomic E-state index is 0.0613. The predicted octanol–water partition coefficient (Wildman–Crippen LogP) is 3.22. The number of rotatable bonds is 2. The highest BCUT2D eigenvalue weighted by Crippen LogP contribution is 2.55. The Kier molecular flexibility index (Phi) is 3.66. The van der Waals surface area contributed by atoms with E-state index in [1.165, 1.54) is 34.8 Å². The van der Waals surface area contributed by atoms with Crippen LogP contribution in [-0.4, -0.2) is 42.2 Å². The van der Waals surface area contributed by atoms with Crippen LogP contribution in [0.1, 0.15) is 30.6 Å². The fourth-order valence-electron chi connectivity index (χ4n) is 5.94. The third-order valence-electron chi connectivity index (χ3n) is 7.13. The van der Waals surface area contributed by atoms with Crippen molar-refractivity contribution in [3.63, 3.8) is 0 Å². The van der Waals surface area contributed by atoms with Gasteiger partial charge in [-0.1, -0.05) is 11.6 Å². The Morgan fingerprint density at radius 3 is 2.81 bits per heavy atom. The fourth-order valence-corrected chi connectivity index (χ4v) is 5.94. The van der Waals surface area contributed by atoms with Crippen LogP contribution in [0.4, 0.5) is 0 Å². The van der Waals surface area contributed by atoms with Crippen LogP contribution in [0, 0.1) is 11.8 Å². The van der Waals surface area contributed by atoms with Crippen LogP contribution < -0.4 is 4.74 Å². The number of benzene rings is 1. The van der Waals surface area contributed by atoms with Crippen LogP contribution in [0.2, 0.25) is 0 Å².